The van der Waals surface area contributed by atoms with Crippen LogP contribution in [0.4, 0.5) is 0 Å². The van der Waals surface area contributed by atoms with Crippen LogP contribution in [0.15, 0.2) is 0 Å². The van der Waals surface area contributed by atoms with Crippen molar-refractivity contribution < 1.29 is 9.47 Å². The summed E-state index contributed by atoms with van der Waals surface area (Å²) in [6.45, 7) is 0. The van der Waals surface area contributed by atoms with E-state index in [2.05, 4.69) is 0 Å². The van der Waals surface area contributed by atoms with Crippen LogP contribution in [-0.4, -0.2) is 22.4 Å². The van der Waals surface area contributed by atoms with Crippen LogP contribution < -0.4 is 0 Å². The molecule has 14 saturated carbocycles. The highest BCUT2D eigenvalue weighted by atomic mass is 16.7. The Morgan fingerprint density at radius 3 is 1.70 bits per heavy atom. The van der Waals surface area contributed by atoms with Crippen molar-refractivity contribution in [2.24, 2.45) is 98.1 Å². The lowest BCUT2D eigenvalue weighted by Crippen LogP contribution is -3.30. The first-order valence-electron chi connectivity index (χ1n) is 12.7. The van der Waals surface area contributed by atoms with Crippen LogP contribution in [0.1, 0.15) is 25.7 Å². The van der Waals surface area contributed by atoms with E-state index < -0.39 is 0 Å². The van der Waals surface area contributed by atoms with Gasteiger partial charge < -0.3 is 9.47 Å². The van der Waals surface area contributed by atoms with E-state index in [4.69, 9.17) is 9.47 Å². The van der Waals surface area contributed by atoms with Crippen molar-refractivity contribution in [3.63, 3.8) is 0 Å². The molecule has 27 heavy (non-hydrogen) atoms. The summed E-state index contributed by atoms with van der Waals surface area (Å²) in [6, 6.07) is 0. The minimum absolute atomic E-state index is 0.295. The summed E-state index contributed by atoms with van der Waals surface area (Å²) in [5, 5.41) is 0. The van der Waals surface area contributed by atoms with Gasteiger partial charge in [0.2, 0.25) is 0 Å². The SMILES string of the molecule is C1C2C3C4CC5C6C7CC8C9C%10CC%11C%12C1C21OC%122C%11%10C9%10C78C67C45C31OC27%10. The fraction of sp³-hybridized carbons (Fsp3) is 1.00. The molecule has 2 heterocycles. The third-order valence-corrected chi connectivity index (χ3v) is 18.7. The van der Waals surface area contributed by atoms with Gasteiger partial charge >= 0.3 is 0 Å². The van der Waals surface area contributed by atoms with Crippen molar-refractivity contribution in [3.05, 3.63) is 0 Å². The second-order valence-corrected chi connectivity index (χ2v) is 15.3. The smallest absolute Gasteiger partial charge is 0.113 e. The molecule has 21 unspecified atom stereocenters. The largest absolute Gasteiger partial charge is 0.361 e. The molecule has 4 bridgehead atoms. The minimum Gasteiger partial charge on any atom is -0.361 e. The highest BCUT2D eigenvalue weighted by molar-refractivity contribution is 5.84. The molecule has 2 heteroatoms. The van der Waals surface area contributed by atoms with Crippen molar-refractivity contribution in [2.45, 2.75) is 48.1 Å². The average Bonchev–Trinajstić information content (AvgIpc) is 2.95. The van der Waals surface area contributed by atoms with Crippen LogP contribution in [0, 0.1) is 98.1 Å². The topological polar surface area (TPSA) is 18.5 Å². The predicted octanol–water partition coefficient (Wildman–Crippen LogP) is 2.08. The fourth-order valence-corrected chi connectivity index (χ4v) is 21.4. The number of hydrogen-bond donors (Lipinski definition) is 0. The Morgan fingerprint density at radius 1 is 0.481 bits per heavy atom. The zero-order valence-corrected chi connectivity index (χ0v) is 15.1. The molecule has 0 N–H and O–H groups in total. The summed E-state index contributed by atoms with van der Waals surface area (Å²) >= 11 is 0. The van der Waals surface area contributed by atoms with Gasteiger partial charge in [-0.3, -0.25) is 0 Å². The third-order valence-electron chi connectivity index (χ3n) is 18.7. The molecule has 2 nitrogen and oxygen atoms in total. The van der Waals surface area contributed by atoms with Crippen molar-refractivity contribution in [1.29, 1.82) is 0 Å². The predicted molar refractivity (Wildman–Crippen MR) is 85.6 cm³/mol. The van der Waals surface area contributed by atoms with Crippen molar-refractivity contribution >= 4 is 0 Å². The van der Waals surface area contributed by atoms with Gasteiger partial charge in [-0.15, -0.1) is 0 Å². The summed E-state index contributed by atoms with van der Waals surface area (Å²) in [4.78, 5) is 0. The van der Waals surface area contributed by atoms with E-state index >= 15 is 0 Å². The maximum Gasteiger partial charge on any atom is 0.113 e. The van der Waals surface area contributed by atoms with E-state index in [1.165, 1.54) is 11.8 Å². The summed E-state index contributed by atoms with van der Waals surface area (Å²) < 4.78 is 15.7. The fourth-order valence-electron chi connectivity index (χ4n) is 21.4. The lowest BCUT2D eigenvalue weighted by molar-refractivity contribution is -0.816. The van der Waals surface area contributed by atoms with E-state index in [0.717, 1.165) is 80.8 Å². The Balaban J connectivity index is 1.24. The number of fused-ring (bicyclic) bond motifs is 6. The summed E-state index contributed by atoms with van der Waals surface area (Å²) in [7, 11) is 0. The molecular formula is C25H20O2. The number of ether oxygens (including phenoxy) is 2. The Hall–Kier alpha value is -0.0800. The van der Waals surface area contributed by atoms with Gasteiger partial charge in [0.15, 0.2) is 0 Å². The van der Waals surface area contributed by atoms with E-state index in [9.17, 15) is 0 Å². The van der Waals surface area contributed by atoms with Crippen LogP contribution in [0.2, 0.25) is 0 Å². The molecule has 0 aromatic carbocycles. The molecule has 2 saturated heterocycles. The van der Waals surface area contributed by atoms with Gasteiger partial charge in [0, 0.05) is 33.5 Å². The summed E-state index contributed by atoms with van der Waals surface area (Å²) in [6.07, 6.45) is 6.51. The first-order chi connectivity index (χ1) is 13.3. The average molecular weight is 352 g/mol. The van der Waals surface area contributed by atoms with E-state index in [0.29, 0.717) is 27.8 Å². The van der Waals surface area contributed by atoms with Gasteiger partial charge in [-0.2, -0.15) is 0 Å². The highest BCUT2D eigenvalue weighted by Gasteiger charge is 3.38. The van der Waals surface area contributed by atoms with Gasteiger partial charge in [0.1, 0.15) is 22.4 Å². The molecule has 16 rings (SSSR count). The summed E-state index contributed by atoms with van der Waals surface area (Å²) in [5.74, 6) is 13.0. The Kier molecular flexibility index (Phi) is 0.667. The van der Waals surface area contributed by atoms with Gasteiger partial charge in [-0.1, -0.05) is 0 Å². The number of hydrogen-bond acceptors (Lipinski definition) is 2. The molecule has 0 amide bonds. The van der Waals surface area contributed by atoms with Crippen LogP contribution in [0.3, 0.4) is 0 Å². The molecule has 0 aromatic rings. The third kappa shape index (κ3) is 0.301. The van der Waals surface area contributed by atoms with Gasteiger partial charge in [-0.05, 0) is 90.3 Å². The van der Waals surface area contributed by atoms with Gasteiger partial charge in [-0.25, -0.2) is 0 Å². The highest BCUT2D eigenvalue weighted by Crippen LogP contribution is 3.33. The van der Waals surface area contributed by atoms with Crippen molar-refractivity contribution in [1.82, 2.24) is 0 Å². The Labute approximate surface area is 156 Å². The lowest BCUT2D eigenvalue weighted by Gasteiger charge is -3.26. The second-order valence-electron chi connectivity index (χ2n) is 15.3. The molecular weight excluding hydrogens is 332 g/mol. The van der Waals surface area contributed by atoms with Crippen molar-refractivity contribution in [3.8, 4) is 0 Å². The van der Waals surface area contributed by atoms with Crippen molar-refractivity contribution in [2.75, 3.05) is 0 Å². The number of rotatable bonds is 0. The first kappa shape index (κ1) is 10.3. The standard InChI is InChI=1S/C25H20O2/c1-5-13-7-2-9-15-11-4-12-16-10-3-8-14-6(1)17(5)21(13)18(7,9)23(15)20(11,12)26-24(16)19(8,10)22(14,17)25(21,24)27-23/h5-16H,1-4H2. The molecule has 0 aromatic heterocycles. The molecule has 2 aliphatic heterocycles. The van der Waals surface area contributed by atoms with Crippen LogP contribution >= 0.6 is 0 Å². The zero-order chi connectivity index (χ0) is 15.7. The lowest BCUT2D eigenvalue weighted by atomic mass is 8.76. The molecule has 132 valence electrons. The summed E-state index contributed by atoms with van der Waals surface area (Å²) in [5.41, 5.74) is 5.00. The minimum atomic E-state index is 0.295. The Bertz CT molecular complexity index is 1250. The van der Waals surface area contributed by atoms with Crippen LogP contribution in [0.25, 0.3) is 0 Å². The van der Waals surface area contributed by atoms with E-state index in [1.807, 2.05) is 0 Å². The van der Waals surface area contributed by atoms with Gasteiger partial charge in [0.25, 0.3) is 0 Å². The molecule has 16 aliphatic rings. The monoisotopic (exact) mass is 352 g/mol. The quantitative estimate of drug-likeness (QED) is 0.665. The van der Waals surface area contributed by atoms with Gasteiger partial charge in [0.05, 0.1) is 0 Å². The van der Waals surface area contributed by atoms with E-state index in [1.54, 1.807) is 25.7 Å². The Morgan fingerprint density at radius 2 is 1.00 bits per heavy atom. The normalized spacial score (nSPS) is 117. The molecule has 14 aliphatic carbocycles. The van der Waals surface area contributed by atoms with Crippen LogP contribution in [0.5, 0.6) is 0 Å². The molecule has 16 fully saturated rings. The molecule has 21 atom stereocenters. The second kappa shape index (κ2) is 1.75. The maximum absolute atomic E-state index is 7.96. The zero-order valence-electron chi connectivity index (χ0n) is 15.1. The molecule has 9 spiro atoms. The molecule has 0 radical (unpaired) electrons. The maximum atomic E-state index is 7.96. The van der Waals surface area contributed by atoms with E-state index in [-0.39, 0.29) is 0 Å². The first-order valence-corrected chi connectivity index (χ1v) is 12.7. The van der Waals surface area contributed by atoms with Crippen LogP contribution in [-0.2, 0) is 9.47 Å².